The number of fused-ring (bicyclic) bond motifs is 1. The molecular weight excluding hydrogens is 404 g/mol. The van der Waals surface area contributed by atoms with Gasteiger partial charge in [0.1, 0.15) is 5.75 Å². The molecule has 0 atom stereocenters. The average molecular weight is 429 g/mol. The molecule has 0 bridgehead atoms. The first-order valence-corrected chi connectivity index (χ1v) is 11.2. The molecule has 7 nitrogen and oxygen atoms in total. The topological polar surface area (TPSA) is 84.9 Å². The number of rotatable bonds is 8. The third-order valence-corrected chi connectivity index (χ3v) is 4.90. The van der Waals surface area contributed by atoms with Gasteiger partial charge < -0.3 is 19.1 Å². The number of carbonyl (C=O) groups excluding carboxylic acids is 1. The summed E-state index contributed by atoms with van der Waals surface area (Å²) in [7, 11) is -2.06. The van der Waals surface area contributed by atoms with Crippen molar-refractivity contribution in [3.05, 3.63) is 72.3 Å². The number of nitrogens with one attached hydrogen (secondary N) is 1. The standard InChI is InChI=1S/C22H24N2O5S/c1-28-14-13-24(16-17-7-5-10-19(15-17)29-30(2,26)27)22(25)23-21-12-6-9-18-8-3-4-11-20(18)21/h3-12,15H,13-14,16H2,1-2H3,(H,23,25). The summed E-state index contributed by atoms with van der Waals surface area (Å²) in [5.74, 6) is 0.205. The molecule has 3 aromatic rings. The molecular formula is C22H24N2O5S. The van der Waals surface area contributed by atoms with Gasteiger partial charge in [-0.3, -0.25) is 0 Å². The monoisotopic (exact) mass is 428 g/mol. The van der Waals surface area contributed by atoms with Crippen LogP contribution in [0.5, 0.6) is 5.75 Å². The van der Waals surface area contributed by atoms with Crippen molar-refractivity contribution in [3.8, 4) is 5.75 Å². The quantitative estimate of drug-likeness (QED) is 0.551. The molecule has 0 spiro atoms. The Kier molecular flexibility index (Phi) is 6.91. The van der Waals surface area contributed by atoms with Gasteiger partial charge >= 0.3 is 16.1 Å². The largest absolute Gasteiger partial charge is 0.383 e. The molecule has 30 heavy (non-hydrogen) atoms. The average Bonchev–Trinajstić information content (AvgIpc) is 2.70. The molecule has 0 saturated heterocycles. The van der Waals surface area contributed by atoms with Crippen LogP contribution in [0.4, 0.5) is 10.5 Å². The highest BCUT2D eigenvalue weighted by Crippen LogP contribution is 2.24. The van der Waals surface area contributed by atoms with Crippen LogP contribution in [0.15, 0.2) is 66.7 Å². The number of benzene rings is 3. The third kappa shape index (κ3) is 5.95. The molecule has 0 aliphatic heterocycles. The minimum absolute atomic E-state index is 0.205. The van der Waals surface area contributed by atoms with E-state index in [4.69, 9.17) is 8.92 Å². The highest BCUT2D eigenvalue weighted by atomic mass is 32.2. The SMILES string of the molecule is COCCN(Cc1cccc(OS(C)(=O)=O)c1)C(=O)Nc1cccc2ccccc12. The predicted molar refractivity (Wildman–Crippen MR) is 117 cm³/mol. The summed E-state index contributed by atoms with van der Waals surface area (Å²) in [6.45, 7) is 0.994. The zero-order valence-electron chi connectivity index (χ0n) is 16.9. The molecule has 158 valence electrons. The molecule has 0 radical (unpaired) electrons. The summed E-state index contributed by atoms with van der Waals surface area (Å²) in [5, 5.41) is 4.95. The van der Waals surface area contributed by atoms with E-state index in [-0.39, 0.29) is 18.3 Å². The van der Waals surface area contributed by atoms with Crippen LogP contribution < -0.4 is 9.50 Å². The van der Waals surface area contributed by atoms with Crippen molar-refractivity contribution < 1.29 is 22.1 Å². The van der Waals surface area contributed by atoms with Crippen molar-refractivity contribution in [3.63, 3.8) is 0 Å². The molecule has 3 rings (SSSR count). The van der Waals surface area contributed by atoms with E-state index >= 15 is 0 Å². The fourth-order valence-corrected chi connectivity index (χ4v) is 3.53. The van der Waals surface area contributed by atoms with E-state index in [1.165, 1.54) is 0 Å². The van der Waals surface area contributed by atoms with Crippen molar-refractivity contribution in [1.29, 1.82) is 0 Å². The smallest absolute Gasteiger partial charge is 0.322 e. The molecule has 8 heteroatoms. The van der Waals surface area contributed by atoms with Crippen molar-refractivity contribution in [2.45, 2.75) is 6.54 Å². The van der Waals surface area contributed by atoms with Crippen LogP contribution in [0.2, 0.25) is 0 Å². The van der Waals surface area contributed by atoms with Gasteiger partial charge in [-0.1, -0.05) is 48.5 Å². The lowest BCUT2D eigenvalue weighted by Crippen LogP contribution is -2.36. The zero-order valence-corrected chi connectivity index (χ0v) is 17.7. The molecule has 0 fully saturated rings. The first kappa shape index (κ1) is 21.6. The van der Waals surface area contributed by atoms with Crippen molar-refractivity contribution in [2.24, 2.45) is 0 Å². The summed E-state index contributed by atoms with van der Waals surface area (Å²) in [6, 6.07) is 19.9. The molecule has 0 aliphatic carbocycles. The number of anilines is 1. The second-order valence-electron chi connectivity index (χ2n) is 6.81. The second kappa shape index (κ2) is 9.60. The second-order valence-corrected chi connectivity index (χ2v) is 8.38. The number of urea groups is 1. The van der Waals surface area contributed by atoms with Gasteiger partial charge in [-0.05, 0) is 29.1 Å². The van der Waals surface area contributed by atoms with Gasteiger partial charge in [-0.25, -0.2) is 4.79 Å². The summed E-state index contributed by atoms with van der Waals surface area (Å²) in [5.41, 5.74) is 1.45. The zero-order chi connectivity index (χ0) is 21.6. The van der Waals surface area contributed by atoms with E-state index in [1.807, 2.05) is 42.5 Å². The Morgan fingerprint density at radius 2 is 1.77 bits per heavy atom. The number of carbonyl (C=O) groups is 1. The highest BCUT2D eigenvalue weighted by Gasteiger charge is 2.16. The first-order valence-electron chi connectivity index (χ1n) is 9.37. The van der Waals surface area contributed by atoms with Crippen molar-refractivity contribution in [1.82, 2.24) is 4.90 Å². The molecule has 0 unspecified atom stereocenters. The maximum Gasteiger partial charge on any atom is 0.322 e. The molecule has 0 aromatic heterocycles. The van der Waals surface area contributed by atoms with E-state index in [9.17, 15) is 13.2 Å². The number of methoxy groups -OCH3 is 1. The summed E-state index contributed by atoms with van der Waals surface area (Å²) in [4.78, 5) is 14.6. The van der Waals surface area contributed by atoms with E-state index in [0.717, 1.165) is 28.3 Å². The van der Waals surface area contributed by atoms with Crippen LogP contribution in [0, 0.1) is 0 Å². The number of hydrogen-bond donors (Lipinski definition) is 1. The van der Waals surface area contributed by atoms with Gasteiger partial charge in [0, 0.05) is 25.6 Å². The molecule has 2 amide bonds. The third-order valence-electron chi connectivity index (χ3n) is 4.40. The molecule has 0 saturated carbocycles. The minimum Gasteiger partial charge on any atom is -0.383 e. The van der Waals surface area contributed by atoms with Crippen LogP contribution in [0.3, 0.4) is 0 Å². The molecule has 0 aliphatic rings. The van der Waals surface area contributed by atoms with Gasteiger partial charge in [-0.2, -0.15) is 8.42 Å². The van der Waals surface area contributed by atoms with Crippen LogP contribution in [0.25, 0.3) is 10.8 Å². The number of hydrogen-bond acceptors (Lipinski definition) is 5. The Morgan fingerprint density at radius 1 is 1.03 bits per heavy atom. The summed E-state index contributed by atoms with van der Waals surface area (Å²) < 4.78 is 32.8. The van der Waals surface area contributed by atoms with Crippen LogP contribution in [-0.4, -0.2) is 45.9 Å². The van der Waals surface area contributed by atoms with Crippen LogP contribution >= 0.6 is 0 Å². The summed E-state index contributed by atoms with van der Waals surface area (Å²) in [6.07, 6.45) is 0.988. The van der Waals surface area contributed by atoms with Gasteiger partial charge in [-0.15, -0.1) is 0 Å². The van der Waals surface area contributed by atoms with E-state index in [0.29, 0.717) is 13.2 Å². The Bertz CT molecular complexity index is 1130. The van der Waals surface area contributed by atoms with Gasteiger partial charge in [0.2, 0.25) is 0 Å². The lowest BCUT2D eigenvalue weighted by Gasteiger charge is -2.23. The Labute approximate surface area is 176 Å². The maximum absolute atomic E-state index is 13.0. The number of amides is 2. The molecule has 3 aromatic carbocycles. The van der Waals surface area contributed by atoms with E-state index in [2.05, 4.69) is 5.32 Å². The maximum atomic E-state index is 13.0. The highest BCUT2D eigenvalue weighted by molar-refractivity contribution is 7.86. The van der Waals surface area contributed by atoms with Crippen LogP contribution in [0.1, 0.15) is 5.56 Å². The molecule has 1 N–H and O–H groups in total. The van der Waals surface area contributed by atoms with Gasteiger partial charge in [0.25, 0.3) is 0 Å². The van der Waals surface area contributed by atoms with Crippen molar-refractivity contribution >= 4 is 32.6 Å². The lowest BCUT2D eigenvalue weighted by molar-refractivity contribution is 0.153. The Morgan fingerprint density at radius 3 is 2.53 bits per heavy atom. The van der Waals surface area contributed by atoms with E-state index in [1.54, 1.807) is 36.3 Å². The molecule has 0 heterocycles. The predicted octanol–water partition coefficient (Wildman–Crippen LogP) is 3.86. The fraction of sp³-hybridized carbons (Fsp3) is 0.227. The Hall–Kier alpha value is -3.10. The Balaban J connectivity index is 1.80. The fourth-order valence-electron chi connectivity index (χ4n) is 3.07. The van der Waals surface area contributed by atoms with Crippen molar-refractivity contribution in [2.75, 3.05) is 31.8 Å². The van der Waals surface area contributed by atoms with E-state index < -0.39 is 10.1 Å². The number of ether oxygens (including phenoxy) is 1. The van der Waals surface area contributed by atoms with Crippen LogP contribution in [-0.2, 0) is 21.4 Å². The summed E-state index contributed by atoms with van der Waals surface area (Å²) >= 11 is 0. The normalized spacial score (nSPS) is 11.3. The van der Waals surface area contributed by atoms with Gasteiger partial charge in [0.05, 0.1) is 18.6 Å². The number of nitrogens with zero attached hydrogens (tertiary/aromatic N) is 1. The van der Waals surface area contributed by atoms with Gasteiger partial charge in [0.15, 0.2) is 0 Å². The first-order chi connectivity index (χ1) is 14.4. The minimum atomic E-state index is -3.63. The lowest BCUT2D eigenvalue weighted by atomic mass is 10.1.